The predicted octanol–water partition coefficient (Wildman–Crippen LogP) is 2.65. The van der Waals surface area contributed by atoms with Crippen LogP contribution in [0.2, 0.25) is 0 Å². The second-order valence-corrected chi connectivity index (χ2v) is 8.62. The van der Waals surface area contributed by atoms with Crippen molar-refractivity contribution in [3.8, 4) is 5.88 Å². The summed E-state index contributed by atoms with van der Waals surface area (Å²) in [5.74, 6) is -0.658. The highest BCUT2D eigenvalue weighted by Gasteiger charge is 2.32. The van der Waals surface area contributed by atoms with Crippen molar-refractivity contribution in [3.05, 3.63) is 34.0 Å². The molecule has 1 unspecified atom stereocenters. The fourth-order valence-electron chi connectivity index (χ4n) is 4.14. The Morgan fingerprint density at radius 1 is 1.41 bits per heavy atom. The van der Waals surface area contributed by atoms with Crippen molar-refractivity contribution < 1.29 is 13.9 Å². The summed E-state index contributed by atoms with van der Waals surface area (Å²) >= 11 is 1.17. The van der Waals surface area contributed by atoms with Crippen molar-refractivity contribution in [1.82, 2.24) is 14.1 Å². The van der Waals surface area contributed by atoms with Crippen LogP contribution < -0.4 is 20.5 Å². The summed E-state index contributed by atoms with van der Waals surface area (Å²) in [6, 6.07) is 2.06. The first kappa shape index (κ1) is 18.5. The number of hydrogen-bond donors (Lipinski definition) is 1. The van der Waals surface area contributed by atoms with Crippen LogP contribution in [0.4, 0.5) is 10.1 Å². The molecule has 152 valence electrons. The van der Waals surface area contributed by atoms with Crippen LogP contribution in [0.15, 0.2) is 17.1 Å². The molecule has 3 aromatic heterocycles. The molecule has 1 aliphatic heterocycles. The number of pyridine rings is 2. The number of hydrogen-bond acceptors (Lipinski definition) is 7. The lowest BCUT2D eigenvalue weighted by Gasteiger charge is -2.34. The normalized spacial score (nSPS) is 19.8. The Hall–Kier alpha value is -2.52. The minimum absolute atomic E-state index is 0.0132. The van der Waals surface area contributed by atoms with E-state index in [9.17, 15) is 9.59 Å². The van der Waals surface area contributed by atoms with Crippen LogP contribution in [0.5, 0.6) is 5.88 Å². The van der Waals surface area contributed by atoms with Gasteiger partial charge in [0.05, 0.1) is 22.1 Å². The Kier molecular flexibility index (Phi) is 4.32. The van der Waals surface area contributed by atoms with Crippen molar-refractivity contribution in [1.29, 1.82) is 0 Å². The fraction of sp³-hybridized carbons (Fsp3) is 0.450. The molecule has 1 saturated heterocycles. The Bertz CT molecular complexity index is 1200. The van der Waals surface area contributed by atoms with E-state index in [1.165, 1.54) is 29.1 Å². The summed E-state index contributed by atoms with van der Waals surface area (Å²) in [7, 11) is 0. The number of carbonyl (C=O) groups is 1. The lowest BCUT2D eigenvalue weighted by Crippen LogP contribution is -2.49. The van der Waals surface area contributed by atoms with E-state index in [1.54, 1.807) is 6.07 Å². The molecule has 3 aromatic rings. The first-order valence-corrected chi connectivity index (χ1v) is 10.5. The van der Waals surface area contributed by atoms with Crippen LogP contribution in [0.25, 0.3) is 15.6 Å². The monoisotopic (exact) mass is 416 g/mol. The van der Waals surface area contributed by atoms with E-state index in [-0.39, 0.29) is 17.3 Å². The van der Waals surface area contributed by atoms with Gasteiger partial charge in [0.1, 0.15) is 5.39 Å². The predicted molar refractivity (Wildman–Crippen MR) is 110 cm³/mol. The highest BCUT2D eigenvalue weighted by atomic mass is 32.1. The van der Waals surface area contributed by atoms with E-state index in [0.29, 0.717) is 30.2 Å². The molecule has 5 rings (SSSR count). The third-order valence-electron chi connectivity index (χ3n) is 5.57. The van der Waals surface area contributed by atoms with Gasteiger partial charge in [0.25, 0.3) is 5.56 Å². The molecule has 1 saturated carbocycles. The Morgan fingerprint density at radius 3 is 2.90 bits per heavy atom. The van der Waals surface area contributed by atoms with Gasteiger partial charge in [0.15, 0.2) is 5.82 Å². The Labute approximate surface area is 170 Å². The zero-order valence-electron chi connectivity index (χ0n) is 16.2. The first-order valence-electron chi connectivity index (χ1n) is 9.78. The van der Waals surface area contributed by atoms with Crippen LogP contribution in [-0.2, 0) is 4.79 Å². The van der Waals surface area contributed by atoms with Gasteiger partial charge in [-0.05, 0) is 48.8 Å². The highest BCUT2D eigenvalue weighted by molar-refractivity contribution is 7.13. The minimum Gasteiger partial charge on any atom is -0.406 e. The topological polar surface area (TPSA) is 75.9 Å². The lowest BCUT2D eigenvalue weighted by molar-refractivity contribution is -0.132. The Morgan fingerprint density at radius 2 is 2.21 bits per heavy atom. The number of halogens is 1. The van der Waals surface area contributed by atoms with Gasteiger partial charge in [-0.15, -0.1) is 0 Å². The van der Waals surface area contributed by atoms with Gasteiger partial charge in [0, 0.05) is 32.6 Å². The molecule has 4 heterocycles. The molecule has 0 bridgehead atoms. The maximum Gasteiger partial charge on any atom is 0.309 e. The summed E-state index contributed by atoms with van der Waals surface area (Å²) < 4.78 is 26.5. The molecule has 1 atom stereocenters. The molecular weight excluding hydrogens is 395 g/mol. The second-order valence-electron chi connectivity index (χ2n) is 7.84. The molecule has 2 aliphatic rings. The van der Waals surface area contributed by atoms with Crippen molar-refractivity contribution in [3.63, 3.8) is 0 Å². The highest BCUT2D eigenvalue weighted by Crippen LogP contribution is 2.47. The number of esters is 1. The van der Waals surface area contributed by atoms with Gasteiger partial charge < -0.3 is 15.0 Å². The lowest BCUT2D eigenvalue weighted by atomic mass is 10.1. The van der Waals surface area contributed by atoms with Gasteiger partial charge in [-0.1, -0.05) is 0 Å². The number of anilines is 1. The molecule has 7 nitrogen and oxygen atoms in total. The number of carbonyl (C=O) groups excluding carboxylic acids is 1. The number of nitrogens with one attached hydrogen (secondary N) is 1. The zero-order chi connectivity index (χ0) is 20.3. The first-order chi connectivity index (χ1) is 13.9. The molecule has 2 fully saturated rings. The summed E-state index contributed by atoms with van der Waals surface area (Å²) in [6.45, 7) is 5.54. The van der Waals surface area contributed by atoms with Gasteiger partial charge in [-0.25, -0.2) is 4.39 Å². The molecule has 0 amide bonds. The van der Waals surface area contributed by atoms with E-state index in [1.807, 2.05) is 4.90 Å². The number of ether oxygens (including phenoxy) is 1. The van der Waals surface area contributed by atoms with Gasteiger partial charge >= 0.3 is 5.97 Å². The molecule has 29 heavy (non-hydrogen) atoms. The molecule has 1 aliphatic carbocycles. The molecule has 0 spiro atoms. The zero-order valence-corrected chi connectivity index (χ0v) is 17.0. The van der Waals surface area contributed by atoms with E-state index in [0.717, 1.165) is 29.6 Å². The average Bonchev–Trinajstić information content (AvgIpc) is 3.42. The molecule has 0 radical (unpaired) electrons. The summed E-state index contributed by atoms with van der Waals surface area (Å²) in [6.07, 6.45) is 3.29. The van der Waals surface area contributed by atoms with E-state index in [2.05, 4.69) is 16.6 Å². The van der Waals surface area contributed by atoms with Gasteiger partial charge in [-0.2, -0.15) is 4.37 Å². The number of rotatable bonds is 3. The summed E-state index contributed by atoms with van der Waals surface area (Å²) in [5.41, 5.74) is 1.82. The van der Waals surface area contributed by atoms with Gasteiger partial charge in [0.2, 0.25) is 5.88 Å². The van der Waals surface area contributed by atoms with E-state index >= 15 is 4.39 Å². The van der Waals surface area contributed by atoms with Crippen molar-refractivity contribution >= 4 is 38.8 Å². The van der Waals surface area contributed by atoms with Crippen molar-refractivity contribution in [2.45, 2.75) is 38.6 Å². The van der Waals surface area contributed by atoms with Crippen LogP contribution in [0, 0.1) is 5.82 Å². The maximum absolute atomic E-state index is 15.1. The van der Waals surface area contributed by atoms with Crippen molar-refractivity contribution in [2.75, 3.05) is 24.5 Å². The van der Waals surface area contributed by atoms with Crippen LogP contribution in [0.3, 0.4) is 0 Å². The summed E-state index contributed by atoms with van der Waals surface area (Å²) in [4.78, 5) is 26.6. The second kappa shape index (κ2) is 6.77. The number of fused-ring (bicyclic) bond motifs is 2. The third-order valence-corrected chi connectivity index (χ3v) is 6.43. The van der Waals surface area contributed by atoms with Crippen LogP contribution >= 0.6 is 11.5 Å². The standard InChI is InChI=1S/C20H21FN4O3S/c1-10-8-24(6-5-22-10)14-7-15-16(12-3-4-12)18-17(19(23-29-18)28-11(2)26)20(27)25(15)9-13(14)21/h7,9-10,12,22H,3-6,8H2,1-2H3. The molecular formula is C20H21FN4O3S. The smallest absolute Gasteiger partial charge is 0.309 e. The average molecular weight is 416 g/mol. The number of nitrogens with zero attached hydrogens (tertiary/aromatic N) is 3. The summed E-state index contributed by atoms with van der Waals surface area (Å²) in [5, 5.41) is 3.62. The number of piperazine rings is 1. The molecule has 0 aromatic carbocycles. The molecule has 1 N–H and O–H groups in total. The quantitative estimate of drug-likeness (QED) is 0.662. The minimum atomic E-state index is -0.538. The van der Waals surface area contributed by atoms with Crippen molar-refractivity contribution in [2.24, 2.45) is 0 Å². The van der Waals surface area contributed by atoms with Crippen LogP contribution in [0.1, 0.15) is 38.2 Å². The van der Waals surface area contributed by atoms with E-state index in [4.69, 9.17) is 4.74 Å². The van der Waals surface area contributed by atoms with Crippen LogP contribution in [-0.4, -0.2) is 40.4 Å². The third kappa shape index (κ3) is 3.08. The largest absolute Gasteiger partial charge is 0.406 e. The number of aromatic nitrogens is 2. The van der Waals surface area contributed by atoms with E-state index < -0.39 is 17.3 Å². The van der Waals surface area contributed by atoms with Gasteiger partial charge in [-0.3, -0.25) is 14.0 Å². The molecule has 9 heteroatoms. The Balaban J connectivity index is 1.77. The fourth-order valence-corrected chi connectivity index (χ4v) is 5.08. The SMILES string of the molecule is CC(=O)Oc1nsc2c(C3CC3)c3cc(N4CCNC(C)C4)c(F)cn3c(=O)c12. The maximum atomic E-state index is 15.1.